The van der Waals surface area contributed by atoms with Gasteiger partial charge in [0.25, 0.3) is 5.91 Å². The summed E-state index contributed by atoms with van der Waals surface area (Å²) in [6.45, 7) is 1.32. The van der Waals surface area contributed by atoms with Gasteiger partial charge in [0.15, 0.2) is 0 Å². The van der Waals surface area contributed by atoms with Crippen molar-refractivity contribution in [2.24, 2.45) is 0 Å². The minimum absolute atomic E-state index is 0.0434. The Balaban J connectivity index is 1.65. The van der Waals surface area contributed by atoms with Gasteiger partial charge in [-0.05, 0) is 42.8 Å². The molecule has 3 amide bonds. The van der Waals surface area contributed by atoms with E-state index in [-0.39, 0.29) is 18.7 Å². The van der Waals surface area contributed by atoms with Crippen LogP contribution in [0.3, 0.4) is 0 Å². The van der Waals surface area contributed by atoms with Crippen molar-refractivity contribution in [1.82, 2.24) is 10.2 Å². The van der Waals surface area contributed by atoms with E-state index in [1.807, 2.05) is 0 Å². The Morgan fingerprint density at radius 1 is 1.09 bits per heavy atom. The zero-order valence-electron chi connectivity index (χ0n) is 17.1. The van der Waals surface area contributed by atoms with Crippen LogP contribution >= 0.6 is 0 Å². The van der Waals surface area contributed by atoms with E-state index in [4.69, 9.17) is 4.74 Å². The number of amides is 3. The van der Waals surface area contributed by atoms with Crippen LogP contribution in [0.25, 0.3) is 0 Å². The standard InChI is InChI=1S/C21H19F3N2O6/c1-20(14-6-8-15(9-7-14)32-21(22,23)24)18(28)26(19(29)25-20)10-11-31-16-5-3-4-13(12-16)17(27)30-2/h3-9,12H,10-11H2,1-2H3,(H,25,29). The maximum atomic E-state index is 12.9. The van der Waals surface area contributed by atoms with Crippen molar-refractivity contribution < 1.29 is 41.8 Å². The first-order chi connectivity index (χ1) is 15.0. The largest absolute Gasteiger partial charge is 0.573 e. The lowest BCUT2D eigenvalue weighted by Gasteiger charge is -2.22. The van der Waals surface area contributed by atoms with E-state index < -0.39 is 35.6 Å². The number of alkyl halides is 3. The van der Waals surface area contributed by atoms with Gasteiger partial charge in [-0.15, -0.1) is 13.2 Å². The molecule has 1 aliphatic rings. The number of halogens is 3. The number of esters is 1. The maximum absolute atomic E-state index is 12.9. The molecule has 1 unspecified atom stereocenters. The molecule has 2 aromatic rings. The summed E-state index contributed by atoms with van der Waals surface area (Å²) in [5.74, 6) is -1.21. The predicted molar refractivity (Wildman–Crippen MR) is 104 cm³/mol. The van der Waals surface area contributed by atoms with E-state index in [1.165, 1.54) is 32.2 Å². The summed E-state index contributed by atoms with van der Waals surface area (Å²) in [5.41, 5.74) is -0.886. The number of hydrogen-bond acceptors (Lipinski definition) is 6. The van der Waals surface area contributed by atoms with E-state index >= 15 is 0 Å². The highest BCUT2D eigenvalue weighted by molar-refractivity contribution is 6.07. The smallest absolute Gasteiger partial charge is 0.492 e. The molecule has 1 N–H and O–H groups in total. The van der Waals surface area contributed by atoms with Crippen molar-refractivity contribution in [3.05, 3.63) is 59.7 Å². The van der Waals surface area contributed by atoms with Crippen molar-refractivity contribution in [1.29, 1.82) is 0 Å². The lowest BCUT2D eigenvalue weighted by molar-refractivity contribution is -0.274. The lowest BCUT2D eigenvalue weighted by atomic mass is 9.92. The number of carbonyl (C=O) groups excluding carboxylic acids is 3. The number of rotatable bonds is 7. The molecule has 170 valence electrons. The summed E-state index contributed by atoms with van der Waals surface area (Å²) in [6.07, 6.45) is -4.84. The van der Waals surface area contributed by atoms with Gasteiger partial charge in [0, 0.05) is 0 Å². The summed E-state index contributed by atoms with van der Waals surface area (Å²) in [6, 6.07) is 10.2. The van der Waals surface area contributed by atoms with Crippen LogP contribution in [0.1, 0.15) is 22.8 Å². The normalized spacial score (nSPS) is 18.3. The molecule has 1 aliphatic heterocycles. The minimum Gasteiger partial charge on any atom is -0.492 e. The third kappa shape index (κ3) is 4.93. The fraction of sp³-hybridized carbons (Fsp3) is 0.286. The van der Waals surface area contributed by atoms with Crippen molar-refractivity contribution in [2.45, 2.75) is 18.8 Å². The van der Waals surface area contributed by atoms with E-state index in [0.29, 0.717) is 11.3 Å². The summed E-state index contributed by atoms with van der Waals surface area (Å²) in [5, 5.41) is 2.55. The van der Waals surface area contributed by atoms with E-state index in [1.54, 1.807) is 18.2 Å². The van der Waals surface area contributed by atoms with Crippen LogP contribution < -0.4 is 14.8 Å². The Labute approximate surface area is 180 Å². The Hall–Kier alpha value is -3.76. The molecule has 0 saturated carbocycles. The molecule has 0 aromatic heterocycles. The number of imide groups is 1. The van der Waals surface area contributed by atoms with Crippen LogP contribution in [-0.4, -0.2) is 49.4 Å². The highest BCUT2D eigenvalue weighted by Crippen LogP contribution is 2.31. The molecule has 0 spiro atoms. The van der Waals surface area contributed by atoms with Gasteiger partial charge in [0.1, 0.15) is 23.6 Å². The van der Waals surface area contributed by atoms with Crippen molar-refractivity contribution in [3.8, 4) is 11.5 Å². The van der Waals surface area contributed by atoms with Crippen LogP contribution in [-0.2, 0) is 15.1 Å². The SMILES string of the molecule is COC(=O)c1cccc(OCCN2C(=O)NC(C)(c3ccc(OC(F)(F)F)cc3)C2=O)c1. The third-order valence-electron chi connectivity index (χ3n) is 4.78. The van der Waals surface area contributed by atoms with Crippen molar-refractivity contribution in [2.75, 3.05) is 20.3 Å². The van der Waals surface area contributed by atoms with Crippen LogP contribution in [0.4, 0.5) is 18.0 Å². The molecular formula is C21H19F3N2O6. The number of urea groups is 1. The molecule has 0 aliphatic carbocycles. The number of methoxy groups -OCH3 is 1. The number of hydrogen-bond donors (Lipinski definition) is 1. The zero-order valence-corrected chi connectivity index (χ0v) is 17.1. The fourth-order valence-electron chi connectivity index (χ4n) is 3.17. The molecule has 32 heavy (non-hydrogen) atoms. The van der Waals surface area contributed by atoms with Gasteiger partial charge in [-0.25, -0.2) is 9.59 Å². The molecule has 1 atom stereocenters. The van der Waals surface area contributed by atoms with Gasteiger partial charge in [-0.3, -0.25) is 9.69 Å². The van der Waals surface area contributed by atoms with Crippen LogP contribution in [0.5, 0.6) is 11.5 Å². The van der Waals surface area contributed by atoms with Crippen molar-refractivity contribution >= 4 is 17.9 Å². The Morgan fingerprint density at radius 3 is 2.41 bits per heavy atom. The number of benzene rings is 2. The highest BCUT2D eigenvalue weighted by Gasteiger charge is 2.48. The first-order valence-corrected chi connectivity index (χ1v) is 9.35. The second-order valence-corrected chi connectivity index (χ2v) is 6.95. The number of carbonyl (C=O) groups is 3. The monoisotopic (exact) mass is 452 g/mol. The van der Waals surface area contributed by atoms with Crippen LogP contribution in [0.15, 0.2) is 48.5 Å². The highest BCUT2D eigenvalue weighted by atomic mass is 19.4. The second-order valence-electron chi connectivity index (χ2n) is 6.95. The predicted octanol–water partition coefficient (Wildman–Crippen LogP) is 3.22. The molecule has 2 aromatic carbocycles. The minimum atomic E-state index is -4.84. The average molecular weight is 452 g/mol. The zero-order chi connectivity index (χ0) is 23.5. The Kier molecular flexibility index (Phi) is 6.28. The van der Waals surface area contributed by atoms with Crippen LogP contribution in [0, 0.1) is 0 Å². The van der Waals surface area contributed by atoms with E-state index in [0.717, 1.165) is 17.0 Å². The second kappa shape index (κ2) is 8.77. The third-order valence-corrected chi connectivity index (χ3v) is 4.78. The molecule has 11 heteroatoms. The summed E-state index contributed by atoms with van der Waals surface area (Å²) >= 11 is 0. The van der Waals surface area contributed by atoms with Gasteiger partial charge < -0.3 is 19.5 Å². The first kappa shape index (κ1) is 22.9. The number of ether oxygens (including phenoxy) is 3. The number of nitrogens with one attached hydrogen (secondary N) is 1. The Bertz CT molecular complexity index is 1020. The molecule has 3 rings (SSSR count). The van der Waals surface area contributed by atoms with Gasteiger partial charge in [0.2, 0.25) is 0 Å². The first-order valence-electron chi connectivity index (χ1n) is 9.35. The fourth-order valence-corrected chi connectivity index (χ4v) is 3.17. The summed E-state index contributed by atoms with van der Waals surface area (Å²) in [4.78, 5) is 37.8. The van der Waals surface area contributed by atoms with Gasteiger partial charge >= 0.3 is 18.4 Å². The van der Waals surface area contributed by atoms with Crippen LogP contribution in [0.2, 0.25) is 0 Å². The molecular weight excluding hydrogens is 433 g/mol. The average Bonchev–Trinajstić information content (AvgIpc) is 2.96. The van der Waals surface area contributed by atoms with Gasteiger partial charge in [-0.2, -0.15) is 0 Å². The molecule has 0 radical (unpaired) electrons. The quantitative estimate of drug-likeness (QED) is 0.512. The topological polar surface area (TPSA) is 94.2 Å². The molecule has 1 saturated heterocycles. The van der Waals surface area contributed by atoms with E-state index in [9.17, 15) is 27.6 Å². The molecule has 1 fully saturated rings. The summed E-state index contributed by atoms with van der Waals surface area (Å²) in [7, 11) is 1.25. The summed E-state index contributed by atoms with van der Waals surface area (Å²) < 4.78 is 51.0. The van der Waals surface area contributed by atoms with Gasteiger partial charge in [0.05, 0.1) is 19.2 Å². The molecule has 8 nitrogen and oxygen atoms in total. The molecule has 1 heterocycles. The van der Waals surface area contributed by atoms with E-state index in [2.05, 4.69) is 14.8 Å². The molecule has 0 bridgehead atoms. The maximum Gasteiger partial charge on any atom is 0.573 e. The lowest BCUT2D eigenvalue weighted by Crippen LogP contribution is -2.41. The van der Waals surface area contributed by atoms with Crippen molar-refractivity contribution in [3.63, 3.8) is 0 Å². The number of nitrogens with zero attached hydrogens (tertiary/aromatic N) is 1. The van der Waals surface area contributed by atoms with Gasteiger partial charge in [-0.1, -0.05) is 18.2 Å². The Morgan fingerprint density at radius 2 is 1.78 bits per heavy atom.